The molecule has 2 nitrogen and oxygen atoms in total. The van der Waals surface area contributed by atoms with E-state index in [1.807, 2.05) is 12.1 Å². The van der Waals surface area contributed by atoms with Crippen LogP contribution in [0.2, 0.25) is 0 Å². The molecule has 0 N–H and O–H groups in total. The van der Waals surface area contributed by atoms with E-state index in [0.29, 0.717) is 0 Å². The summed E-state index contributed by atoms with van der Waals surface area (Å²) in [6.07, 6.45) is 0. The van der Waals surface area contributed by atoms with Crippen LogP contribution >= 0.6 is 15.9 Å². The number of halogens is 1. The minimum Gasteiger partial charge on any atom is -0.493 e. The summed E-state index contributed by atoms with van der Waals surface area (Å²) in [5.41, 5.74) is 0.811. The summed E-state index contributed by atoms with van der Waals surface area (Å²) < 4.78 is 12.2. The number of methoxy groups -OCH3 is 1. The van der Waals surface area contributed by atoms with Crippen molar-refractivity contribution >= 4 is 26.9 Å². The van der Waals surface area contributed by atoms with Gasteiger partial charge in [0.2, 0.25) is 0 Å². The van der Waals surface area contributed by atoms with Crippen LogP contribution in [0.25, 0.3) is 11.0 Å². The van der Waals surface area contributed by atoms with Gasteiger partial charge in [-0.15, -0.1) is 0 Å². The maximum absolute atomic E-state index is 5.88. The van der Waals surface area contributed by atoms with Gasteiger partial charge >= 0.3 is 0 Å². The first-order valence-electron chi connectivity index (χ1n) is 5.20. The Labute approximate surface area is 104 Å². The summed E-state index contributed by atoms with van der Waals surface area (Å²) in [5.74, 6) is 1.74. The van der Waals surface area contributed by atoms with E-state index in [9.17, 15) is 0 Å². The molecule has 86 valence electrons. The minimum atomic E-state index is 0.00344. The molecule has 2 rings (SSSR count). The third kappa shape index (κ3) is 1.84. The summed E-state index contributed by atoms with van der Waals surface area (Å²) in [6.45, 7) is 6.39. The SMILES string of the molecule is COc1ccc(Br)c2cc(C(C)(C)C)oc12. The lowest BCUT2D eigenvalue weighted by Crippen LogP contribution is -2.08. The highest BCUT2D eigenvalue weighted by Crippen LogP contribution is 2.37. The van der Waals surface area contributed by atoms with E-state index < -0.39 is 0 Å². The Morgan fingerprint density at radius 2 is 1.94 bits per heavy atom. The number of ether oxygens (including phenoxy) is 1. The molecule has 2 aromatic rings. The molecule has 0 aliphatic carbocycles. The molecule has 0 spiro atoms. The molecule has 0 radical (unpaired) electrons. The van der Waals surface area contributed by atoms with Gasteiger partial charge in [-0.2, -0.15) is 0 Å². The van der Waals surface area contributed by atoms with Crippen LogP contribution in [0, 0.1) is 0 Å². The number of fused-ring (bicyclic) bond motifs is 1. The Morgan fingerprint density at radius 3 is 2.50 bits per heavy atom. The van der Waals surface area contributed by atoms with E-state index in [4.69, 9.17) is 9.15 Å². The monoisotopic (exact) mass is 282 g/mol. The first kappa shape index (κ1) is 11.5. The quantitative estimate of drug-likeness (QED) is 0.768. The molecule has 1 heterocycles. The second-order valence-corrected chi connectivity index (χ2v) is 5.71. The highest BCUT2D eigenvalue weighted by atomic mass is 79.9. The van der Waals surface area contributed by atoms with Gasteiger partial charge in [0.1, 0.15) is 5.76 Å². The van der Waals surface area contributed by atoms with Crippen molar-refractivity contribution < 1.29 is 9.15 Å². The van der Waals surface area contributed by atoms with Crippen molar-refractivity contribution in [1.29, 1.82) is 0 Å². The molecule has 0 bridgehead atoms. The number of hydrogen-bond donors (Lipinski definition) is 0. The molecule has 0 atom stereocenters. The zero-order valence-corrected chi connectivity index (χ0v) is 11.5. The van der Waals surface area contributed by atoms with Crippen LogP contribution < -0.4 is 4.74 Å². The van der Waals surface area contributed by atoms with Gasteiger partial charge in [-0.05, 0) is 18.2 Å². The van der Waals surface area contributed by atoms with E-state index in [1.165, 1.54) is 0 Å². The number of rotatable bonds is 1. The molecule has 0 saturated carbocycles. The van der Waals surface area contributed by atoms with Crippen molar-refractivity contribution in [3.63, 3.8) is 0 Å². The van der Waals surface area contributed by atoms with Crippen LogP contribution in [0.15, 0.2) is 27.1 Å². The van der Waals surface area contributed by atoms with Gasteiger partial charge in [-0.3, -0.25) is 0 Å². The predicted octanol–water partition coefficient (Wildman–Crippen LogP) is 4.50. The van der Waals surface area contributed by atoms with Crippen LogP contribution in [-0.4, -0.2) is 7.11 Å². The molecule has 3 heteroatoms. The lowest BCUT2D eigenvalue weighted by Gasteiger charge is -2.13. The molecule has 1 aromatic carbocycles. The van der Waals surface area contributed by atoms with E-state index in [1.54, 1.807) is 7.11 Å². The smallest absolute Gasteiger partial charge is 0.177 e. The lowest BCUT2D eigenvalue weighted by atomic mass is 9.93. The molecule has 0 fully saturated rings. The van der Waals surface area contributed by atoms with Gasteiger partial charge in [-0.25, -0.2) is 0 Å². The summed E-state index contributed by atoms with van der Waals surface area (Å²) >= 11 is 3.52. The third-order valence-electron chi connectivity index (χ3n) is 2.55. The number of benzene rings is 1. The lowest BCUT2D eigenvalue weighted by molar-refractivity contribution is 0.393. The largest absolute Gasteiger partial charge is 0.493 e. The standard InChI is InChI=1S/C13H15BrO2/c1-13(2,3)11-7-8-9(14)5-6-10(15-4)12(8)16-11/h5-7H,1-4H3. The molecule has 0 unspecified atom stereocenters. The van der Waals surface area contributed by atoms with E-state index in [0.717, 1.165) is 27.0 Å². The van der Waals surface area contributed by atoms with Crippen molar-refractivity contribution in [3.05, 3.63) is 28.4 Å². The molecule has 0 amide bonds. The summed E-state index contributed by atoms with van der Waals surface area (Å²) in [5, 5.41) is 1.06. The van der Waals surface area contributed by atoms with Gasteiger partial charge in [-0.1, -0.05) is 36.7 Å². The molecule has 1 aromatic heterocycles. The fourth-order valence-electron chi connectivity index (χ4n) is 1.60. The highest BCUT2D eigenvalue weighted by Gasteiger charge is 2.21. The third-order valence-corrected chi connectivity index (χ3v) is 3.24. The average Bonchev–Trinajstić information content (AvgIpc) is 2.63. The van der Waals surface area contributed by atoms with Gasteiger partial charge in [0, 0.05) is 15.3 Å². The second kappa shape index (κ2) is 3.81. The summed E-state index contributed by atoms with van der Waals surface area (Å²) in [7, 11) is 1.65. The average molecular weight is 283 g/mol. The minimum absolute atomic E-state index is 0.00344. The Morgan fingerprint density at radius 1 is 1.25 bits per heavy atom. The maximum Gasteiger partial charge on any atom is 0.177 e. The van der Waals surface area contributed by atoms with Crippen molar-refractivity contribution in [2.45, 2.75) is 26.2 Å². The molecule has 0 aliphatic rings. The topological polar surface area (TPSA) is 22.4 Å². The Balaban J connectivity index is 2.73. The van der Waals surface area contributed by atoms with Crippen molar-refractivity contribution in [3.8, 4) is 5.75 Å². The fourth-order valence-corrected chi connectivity index (χ4v) is 2.02. The van der Waals surface area contributed by atoms with Gasteiger partial charge in [0.15, 0.2) is 11.3 Å². The molecule has 0 aliphatic heterocycles. The zero-order chi connectivity index (χ0) is 11.9. The van der Waals surface area contributed by atoms with E-state index in [2.05, 4.69) is 42.8 Å². The van der Waals surface area contributed by atoms with Crippen molar-refractivity contribution in [2.75, 3.05) is 7.11 Å². The van der Waals surface area contributed by atoms with Gasteiger partial charge in [0.05, 0.1) is 7.11 Å². The Hall–Kier alpha value is -0.960. The Kier molecular flexibility index (Phi) is 2.74. The highest BCUT2D eigenvalue weighted by molar-refractivity contribution is 9.10. The Bertz CT molecular complexity index is 520. The first-order chi connectivity index (χ1) is 7.43. The van der Waals surface area contributed by atoms with Crippen LogP contribution in [0.5, 0.6) is 5.75 Å². The molecular weight excluding hydrogens is 268 g/mol. The van der Waals surface area contributed by atoms with Gasteiger partial charge < -0.3 is 9.15 Å². The normalized spacial score (nSPS) is 12.1. The molecular formula is C13H15BrO2. The van der Waals surface area contributed by atoms with Crippen LogP contribution in [-0.2, 0) is 5.41 Å². The first-order valence-corrected chi connectivity index (χ1v) is 5.99. The van der Waals surface area contributed by atoms with Gasteiger partial charge in [0.25, 0.3) is 0 Å². The maximum atomic E-state index is 5.88. The van der Waals surface area contributed by atoms with Crippen LogP contribution in [0.4, 0.5) is 0 Å². The van der Waals surface area contributed by atoms with Crippen LogP contribution in [0.1, 0.15) is 26.5 Å². The van der Waals surface area contributed by atoms with E-state index in [-0.39, 0.29) is 5.41 Å². The number of furan rings is 1. The van der Waals surface area contributed by atoms with Crippen molar-refractivity contribution in [2.24, 2.45) is 0 Å². The number of hydrogen-bond acceptors (Lipinski definition) is 2. The molecule has 16 heavy (non-hydrogen) atoms. The molecule has 0 saturated heterocycles. The fraction of sp³-hybridized carbons (Fsp3) is 0.385. The summed E-state index contributed by atoms with van der Waals surface area (Å²) in [4.78, 5) is 0. The van der Waals surface area contributed by atoms with E-state index >= 15 is 0 Å². The van der Waals surface area contributed by atoms with Crippen molar-refractivity contribution in [1.82, 2.24) is 0 Å². The summed E-state index contributed by atoms with van der Waals surface area (Å²) in [6, 6.07) is 5.95. The second-order valence-electron chi connectivity index (χ2n) is 4.85. The predicted molar refractivity (Wildman–Crippen MR) is 69.2 cm³/mol. The van der Waals surface area contributed by atoms with Crippen LogP contribution in [0.3, 0.4) is 0 Å². The zero-order valence-electron chi connectivity index (χ0n) is 9.93.